The first-order valence-electron chi connectivity index (χ1n) is 29.2. The molecule has 1 amide bonds. The molecule has 24 nitrogen and oxygen atoms in total. The molecule has 2 unspecified atom stereocenters. The summed E-state index contributed by atoms with van der Waals surface area (Å²) < 4.78 is 29.4. The lowest BCUT2D eigenvalue weighted by Crippen LogP contribution is -2.69. The van der Waals surface area contributed by atoms with Crippen molar-refractivity contribution in [1.29, 1.82) is 0 Å². The number of nitrogens with one attached hydrogen (secondary N) is 2. The Hall–Kier alpha value is -3.68. The van der Waals surface area contributed by atoms with E-state index in [1.807, 2.05) is 13.0 Å². The van der Waals surface area contributed by atoms with Gasteiger partial charge in [0.1, 0.15) is 36.6 Å². The number of hydrogen-bond acceptors (Lipinski definition) is 23. The Bertz CT molecular complexity index is 2180. The number of carbonyl (C=O) groups excluding carboxylic acids is 2. The van der Waals surface area contributed by atoms with Gasteiger partial charge in [-0.05, 0) is 59.0 Å². The molecule has 24 heteroatoms. The van der Waals surface area contributed by atoms with Crippen molar-refractivity contribution in [3.05, 3.63) is 85.1 Å². The second kappa shape index (κ2) is 34.0. The Morgan fingerprint density at radius 3 is 1.93 bits per heavy atom. The third kappa shape index (κ3) is 21.3. The standard InChI is InChI=1S/C59H95N3O21/c1-35-20-16-13-11-9-7-5-6-8-10-12-14-17-21-41(82-57-54(74)50(52(72)38(4)81-57)61-34-59(78)55(75)53(73)45(68)33-79-59)30-46-49(56(76)60-24-27-62-25-18-15-19-26-62)44(67)32-58(77,83-46)47(69)31-43(66)42(65)23-22-39(63)28-40(64)29-48(70)80-37(3)36(2)51(35)71/h5-14,16-17,20-21,35-47,49-55,57,61,63-69,71-75,77-78H,15,18-19,22-34H2,1-4H3,(H,60,76)/t35-,36-,37-,38+,39+,40+,41-,42+,43+,44-,45+,46?,47-,49?,50-,51+,52+,53-,54-,55-,57-,58-,59+/m0/s1. The lowest BCUT2D eigenvalue weighted by Gasteiger charge is -2.47. The molecule has 4 saturated heterocycles. The van der Waals surface area contributed by atoms with E-state index in [9.17, 15) is 81.1 Å². The molecule has 0 saturated carbocycles. The van der Waals surface area contributed by atoms with Crippen LogP contribution < -0.4 is 10.6 Å². The van der Waals surface area contributed by atoms with Gasteiger partial charge < -0.3 is 111 Å². The maximum atomic E-state index is 14.2. The topological polar surface area (TPSA) is 391 Å². The fourth-order valence-electron chi connectivity index (χ4n) is 10.9. The average molecular weight is 1180 g/mol. The second-order valence-corrected chi connectivity index (χ2v) is 23.0. The zero-order valence-corrected chi connectivity index (χ0v) is 48.1. The molecule has 5 aliphatic heterocycles. The van der Waals surface area contributed by atoms with E-state index in [0.29, 0.717) is 6.54 Å². The van der Waals surface area contributed by atoms with Crippen molar-refractivity contribution in [3.63, 3.8) is 0 Å². The highest BCUT2D eigenvalue weighted by molar-refractivity contribution is 5.80. The Morgan fingerprint density at radius 2 is 1.29 bits per heavy atom. The maximum Gasteiger partial charge on any atom is 0.308 e. The van der Waals surface area contributed by atoms with E-state index in [-0.39, 0.29) is 38.1 Å². The van der Waals surface area contributed by atoms with Crippen LogP contribution >= 0.6 is 0 Å². The molecule has 0 aromatic carbocycles. The van der Waals surface area contributed by atoms with Gasteiger partial charge in [0.05, 0.1) is 92.6 Å². The van der Waals surface area contributed by atoms with E-state index in [0.717, 1.165) is 32.4 Å². The van der Waals surface area contributed by atoms with Gasteiger partial charge in [0.25, 0.3) is 0 Å². The van der Waals surface area contributed by atoms with Gasteiger partial charge in [-0.1, -0.05) is 105 Å². The van der Waals surface area contributed by atoms with Crippen LogP contribution in [0.15, 0.2) is 85.1 Å². The number of fused-ring (bicyclic) bond motifs is 2. The number of rotatable bonds is 9. The Morgan fingerprint density at radius 1 is 0.675 bits per heavy atom. The molecule has 5 aliphatic rings. The predicted octanol–water partition coefficient (Wildman–Crippen LogP) is -1.73. The molecule has 5 heterocycles. The molecule has 0 spiro atoms. The quantitative estimate of drug-likeness (QED) is 0.114. The molecular formula is C59H95N3O21. The van der Waals surface area contributed by atoms with E-state index in [2.05, 4.69) is 15.5 Å². The molecule has 5 rings (SSSR count). The van der Waals surface area contributed by atoms with Crippen LogP contribution in [0.4, 0.5) is 0 Å². The summed E-state index contributed by atoms with van der Waals surface area (Å²) in [6.07, 6.45) is -0.898. The SMILES string of the molecule is C[C@@H]1[C@H](O)[C@@H](C)C=CC=CC=CC=CC=CC=CC=C[C@H](O[C@@H]2O[C@H](C)[C@@H](O)[C@H](NC[C@@]3(O)OC[C@@H](O)[C@H](O)[C@@H]3O)[C@@H]2O)CC2O[C@@](O)(C[C@H](O)C2C(=O)NCCN2CCCCC2)[C@@H](O)C[C@@H](O)[C@H](O)CC[C@@H](O)C[C@@H](O)CC(=O)O[C@H]1C. The molecule has 0 aliphatic carbocycles. The third-order valence-corrected chi connectivity index (χ3v) is 16.3. The van der Waals surface area contributed by atoms with E-state index >= 15 is 0 Å². The number of aliphatic hydroxyl groups is 14. The number of ether oxygens (including phenoxy) is 5. The van der Waals surface area contributed by atoms with Crippen LogP contribution in [-0.2, 0) is 33.3 Å². The average Bonchev–Trinajstić information content (AvgIpc) is 3.19. The van der Waals surface area contributed by atoms with E-state index < -0.39 is 178 Å². The minimum atomic E-state index is -2.67. The van der Waals surface area contributed by atoms with Gasteiger partial charge in [0, 0.05) is 44.2 Å². The fraction of sp³-hybridized carbons (Fsp3) is 0.729. The third-order valence-electron chi connectivity index (χ3n) is 16.3. The smallest absolute Gasteiger partial charge is 0.308 e. The van der Waals surface area contributed by atoms with Gasteiger partial charge in [-0.15, -0.1) is 0 Å². The number of amides is 1. The number of hydrogen-bond donors (Lipinski definition) is 16. The largest absolute Gasteiger partial charge is 0.462 e. The van der Waals surface area contributed by atoms with Gasteiger partial charge in [0.2, 0.25) is 11.7 Å². The van der Waals surface area contributed by atoms with E-state index in [1.165, 1.54) is 13.0 Å². The predicted molar refractivity (Wildman–Crippen MR) is 301 cm³/mol. The first-order valence-corrected chi connectivity index (χ1v) is 29.2. The van der Waals surface area contributed by atoms with Crippen molar-refractivity contribution in [2.24, 2.45) is 17.8 Å². The van der Waals surface area contributed by atoms with Crippen molar-refractivity contribution in [2.75, 3.05) is 39.3 Å². The number of aliphatic hydroxyl groups excluding tert-OH is 12. The summed E-state index contributed by atoms with van der Waals surface area (Å²) in [6, 6.07) is -1.35. The van der Waals surface area contributed by atoms with E-state index in [4.69, 9.17) is 23.7 Å². The molecule has 23 atom stereocenters. The first kappa shape index (κ1) is 70.1. The summed E-state index contributed by atoms with van der Waals surface area (Å²) in [5, 5.41) is 161. The highest BCUT2D eigenvalue weighted by atomic mass is 16.7. The van der Waals surface area contributed by atoms with Crippen molar-refractivity contribution in [1.82, 2.24) is 15.5 Å². The summed E-state index contributed by atoms with van der Waals surface area (Å²) in [5.41, 5.74) is 0. The number of likely N-dealkylation sites (tertiary alicyclic amines) is 1. The normalized spacial score (nSPS) is 42.3. The molecule has 0 aromatic rings. The fourth-order valence-corrected chi connectivity index (χ4v) is 10.9. The summed E-state index contributed by atoms with van der Waals surface area (Å²) in [4.78, 5) is 29.2. The first-order chi connectivity index (χ1) is 39.3. The molecule has 0 radical (unpaired) electrons. The number of piperidine rings is 1. The summed E-state index contributed by atoms with van der Waals surface area (Å²) in [6.45, 7) is 7.86. The summed E-state index contributed by atoms with van der Waals surface area (Å²) >= 11 is 0. The van der Waals surface area contributed by atoms with Crippen molar-refractivity contribution < 1.29 is 105 Å². The molecular weight excluding hydrogens is 1090 g/mol. The lowest BCUT2D eigenvalue weighted by atomic mass is 9.81. The van der Waals surface area contributed by atoms with Crippen LogP contribution in [0.5, 0.6) is 0 Å². The van der Waals surface area contributed by atoms with Crippen LogP contribution in [0, 0.1) is 17.8 Å². The Kier molecular flexibility index (Phi) is 28.7. The molecule has 4 fully saturated rings. The summed E-state index contributed by atoms with van der Waals surface area (Å²) in [5.74, 6) is -8.76. The number of cyclic esters (lactones) is 1. The van der Waals surface area contributed by atoms with Gasteiger partial charge in [-0.25, -0.2) is 0 Å². The van der Waals surface area contributed by atoms with Gasteiger partial charge in [0.15, 0.2) is 12.1 Å². The monoisotopic (exact) mass is 1180 g/mol. The number of carbonyl (C=O) groups is 2. The highest BCUT2D eigenvalue weighted by Crippen LogP contribution is 2.39. The zero-order valence-electron chi connectivity index (χ0n) is 48.1. The molecule has 472 valence electrons. The lowest BCUT2D eigenvalue weighted by molar-refractivity contribution is -0.332. The van der Waals surface area contributed by atoms with Crippen molar-refractivity contribution in [3.8, 4) is 0 Å². The maximum absolute atomic E-state index is 14.2. The van der Waals surface area contributed by atoms with Crippen LogP contribution in [0.25, 0.3) is 0 Å². The van der Waals surface area contributed by atoms with Gasteiger partial charge >= 0.3 is 5.97 Å². The van der Waals surface area contributed by atoms with E-state index in [1.54, 1.807) is 86.8 Å². The van der Waals surface area contributed by atoms with Crippen LogP contribution in [0.1, 0.15) is 91.9 Å². The van der Waals surface area contributed by atoms with Crippen LogP contribution in [0.3, 0.4) is 0 Å². The Labute approximate surface area is 486 Å². The number of allylic oxidation sites excluding steroid dienone is 12. The summed E-state index contributed by atoms with van der Waals surface area (Å²) in [7, 11) is 0. The molecule has 16 N–H and O–H groups in total. The van der Waals surface area contributed by atoms with Gasteiger partial charge in [-0.2, -0.15) is 0 Å². The zero-order chi connectivity index (χ0) is 61.0. The highest BCUT2D eigenvalue weighted by Gasteiger charge is 2.54. The van der Waals surface area contributed by atoms with Crippen molar-refractivity contribution >= 4 is 11.9 Å². The van der Waals surface area contributed by atoms with Crippen LogP contribution in [-0.4, -0.2) is 249 Å². The minimum Gasteiger partial charge on any atom is -0.462 e. The van der Waals surface area contributed by atoms with Crippen molar-refractivity contribution in [2.45, 2.75) is 213 Å². The number of esters is 1. The number of nitrogens with zero attached hydrogens (tertiary/aromatic N) is 1. The Balaban J connectivity index is 1.43. The molecule has 0 aromatic heterocycles. The minimum absolute atomic E-state index is 0.173. The molecule has 83 heavy (non-hydrogen) atoms. The molecule has 2 bridgehead atoms. The second-order valence-electron chi connectivity index (χ2n) is 23.0. The van der Waals surface area contributed by atoms with Gasteiger partial charge in [-0.3, -0.25) is 9.59 Å². The van der Waals surface area contributed by atoms with Crippen LogP contribution in [0.2, 0.25) is 0 Å².